The number of aromatic nitrogens is 2. The van der Waals surface area contributed by atoms with Gasteiger partial charge < -0.3 is 14.1 Å². The number of ether oxygens (including phenoxy) is 1. The molecular weight excluding hydrogens is 484 g/mol. The summed E-state index contributed by atoms with van der Waals surface area (Å²) < 4.78 is 115. The number of benzene rings is 1. The van der Waals surface area contributed by atoms with Crippen LogP contribution in [0.2, 0.25) is 0 Å². The largest absolute Gasteiger partial charge is 0.454 e. The lowest BCUT2D eigenvalue weighted by molar-refractivity contribution is -0.289. The van der Waals surface area contributed by atoms with Crippen molar-refractivity contribution in [2.75, 3.05) is 32.8 Å². The molecule has 1 atom stereocenters. The summed E-state index contributed by atoms with van der Waals surface area (Å²) in [6.45, 7) is -2.67. The fourth-order valence-electron chi connectivity index (χ4n) is 3.80. The zero-order valence-electron chi connectivity index (χ0n) is 17.1. The van der Waals surface area contributed by atoms with Gasteiger partial charge in [0.05, 0.1) is 25.8 Å². The molecule has 2 aromatic rings. The van der Waals surface area contributed by atoms with E-state index < -0.39 is 54.6 Å². The number of hydrogen-bond acceptors (Lipinski definition) is 6. The van der Waals surface area contributed by atoms with Crippen LogP contribution in [0.1, 0.15) is 28.2 Å². The van der Waals surface area contributed by atoms with Crippen molar-refractivity contribution in [3.63, 3.8) is 0 Å². The van der Waals surface area contributed by atoms with Gasteiger partial charge in [0, 0.05) is 36.3 Å². The topological polar surface area (TPSA) is 71.7 Å². The van der Waals surface area contributed by atoms with Crippen molar-refractivity contribution in [2.24, 2.45) is 0 Å². The van der Waals surface area contributed by atoms with E-state index in [0.717, 1.165) is 21.9 Å². The van der Waals surface area contributed by atoms with Crippen molar-refractivity contribution in [2.45, 2.75) is 31.1 Å². The molecule has 0 saturated carbocycles. The van der Waals surface area contributed by atoms with E-state index in [2.05, 4.69) is 10.2 Å². The van der Waals surface area contributed by atoms with Crippen molar-refractivity contribution in [3.8, 4) is 11.5 Å². The third kappa shape index (κ3) is 4.58. The van der Waals surface area contributed by atoms with Crippen LogP contribution in [-0.2, 0) is 11.3 Å². The summed E-state index contributed by atoms with van der Waals surface area (Å²) >= 11 is 0. The number of fused-ring (bicyclic) bond motifs is 1. The molecule has 1 aromatic carbocycles. The van der Waals surface area contributed by atoms with Crippen LogP contribution in [0.5, 0.6) is 0 Å². The van der Waals surface area contributed by atoms with Gasteiger partial charge in [-0.15, -0.1) is 10.2 Å². The molecule has 1 fully saturated rings. The summed E-state index contributed by atoms with van der Waals surface area (Å²) in [6.07, 6.45) is -8.79. The number of carbonyl (C=O) groups excluding carboxylic acids is 1. The first-order valence-electron chi connectivity index (χ1n) is 9.87. The molecule has 0 aliphatic carbocycles. The van der Waals surface area contributed by atoms with Crippen LogP contribution < -0.4 is 0 Å². The van der Waals surface area contributed by atoms with Gasteiger partial charge in [-0.25, -0.2) is 4.39 Å². The van der Waals surface area contributed by atoms with Crippen LogP contribution in [0.4, 0.5) is 35.1 Å². The summed E-state index contributed by atoms with van der Waals surface area (Å²) in [7, 11) is 0. The number of nitrogens with zero attached hydrogens (tertiary/aromatic N) is 4. The number of hydrogen-bond donors (Lipinski definition) is 0. The molecule has 7 nitrogen and oxygen atoms in total. The molecule has 1 amide bonds. The smallest absolute Gasteiger partial charge is 0.415 e. The van der Waals surface area contributed by atoms with Gasteiger partial charge in [0.1, 0.15) is 5.82 Å². The van der Waals surface area contributed by atoms with E-state index in [4.69, 9.17) is 9.15 Å². The summed E-state index contributed by atoms with van der Waals surface area (Å²) in [5.41, 5.74) is -0.319. The summed E-state index contributed by atoms with van der Waals surface area (Å²) in [5.74, 6) is -8.00. The maximum Gasteiger partial charge on any atom is 0.454 e. The second kappa shape index (κ2) is 8.76. The molecule has 3 heterocycles. The first-order chi connectivity index (χ1) is 15.9. The molecule has 4 rings (SSSR count). The van der Waals surface area contributed by atoms with Gasteiger partial charge in [0.2, 0.25) is 5.89 Å². The minimum atomic E-state index is -5.74. The summed E-state index contributed by atoms with van der Waals surface area (Å²) in [6, 6.07) is 1.08. The van der Waals surface area contributed by atoms with E-state index in [0.29, 0.717) is 0 Å². The van der Waals surface area contributed by atoms with Crippen LogP contribution in [0, 0.1) is 5.82 Å². The van der Waals surface area contributed by atoms with Crippen molar-refractivity contribution in [1.29, 1.82) is 0 Å². The molecule has 0 bridgehead atoms. The second-order valence-electron chi connectivity index (χ2n) is 7.82. The summed E-state index contributed by atoms with van der Waals surface area (Å²) in [5, 5.41) is 6.54. The molecule has 0 radical (unpaired) electrons. The maximum absolute atomic E-state index is 14.7. The van der Waals surface area contributed by atoms with Gasteiger partial charge in [-0.05, 0) is 12.1 Å². The van der Waals surface area contributed by atoms with E-state index >= 15 is 0 Å². The highest BCUT2D eigenvalue weighted by Crippen LogP contribution is 2.37. The van der Waals surface area contributed by atoms with Crippen LogP contribution >= 0.6 is 0 Å². The lowest BCUT2D eigenvalue weighted by Crippen LogP contribution is -2.57. The number of alkyl halides is 7. The lowest BCUT2D eigenvalue weighted by atomic mass is 10.1. The van der Waals surface area contributed by atoms with Gasteiger partial charge in [0.15, 0.2) is 0 Å². The first-order valence-corrected chi connectivity index (χ1v) is 9.87. The SMILES string of the molecule is O=C1c2cc(-c3nnc(C(F)F)o3)cc(F)c2CN1C[C@H]1COCCN1CC(F)(F)C(F)(F)F. The Balaban J connectivity index is 1.52. The zero-order valence-corrected chi connectivity index (χ0v) is 17.1. The second-order valence-corrected chi connectivity index (χ2v) is 7.82. The van der Waals surface area contributed by atoms with Crippen molar-refractivity contribution in [1.82, 2.24) is 20.0 Å². The molecule has 186 valence electrons. The molecule has 0 unspecified atom stereocenters. The quantitative estimate of drug-likeness (QED) is 0.564. The van der Waals surface area contributed by atoms with Gasteiger partial charge in [0.25, 0.3) is 11.8 Å². The molecular formula is C19H16F8N4O3. The van der Waals surface area contributed by atoms with Gasteiger partial charge >= 0.3 is 18.5 Å². The molecule has 1 aromatic heterocycles. The van der Waals surface area contributed by atoms with Crippen LogP contribution in [0.3, 0.4) is 0 Å². The van der Waals surface area contributed by atoms with E-state index in [1.165, 1.54) is 0 Å². The van der Waals surface area contributed by atoms with Crippen molar-refractivity contribution in [3.05, 3.63) is 35.0 Å². The molecule has 1 saturated heterocycles. The predicted molar refractivity (Wildman–Crippen MR) is 96.6 cm³/mol. The Morgan fingerprint density at radius 3 is 2.53 bits per heavy atom. The molecule has 34 heavy (non-hydrogen) atoms. The third-order valence-electron chi connectivity index (χ3n) is 5.53. The van der Waals surface area contributed by atoms with E-state index in [1.807, 2.05) is 0 Å². The first kappa shape index (κ1) is 24.3. The average Bonchev–Trinajstić information content (AvgIpc) is 3.35. The number of morpholine rings is 1. The Hall–Kier alpha value is -2.81. The highest BCUT2D eigenvalue weighted by molar-refractivity contribution is 5.99. The number of carbonyl (C=O) groups is 1. The fraction of sp³-hybridized carbons (Fsp3) is 0.526. The fourth-order valence-corrected chi connectivity index (χ4v) is 3.80. The maximum atomic E-state index is 14.7. The number of halogens is 8. The normalized spacial score (nSPS) is 19.9. The molecule has 15 heteroatoms. The molecule has 0 spiro atoms. The van der Waals surface area contributed by atoms with E-state index in [9.17, 15) is 39.9 Å². The Morgan fingerprint density at radius 2 is 1.88 bits per heavy atom. The van der Waals surface area contributed by atoms with Crippen molar-refractivity contribution >= 4 is 5.91 Å². The van der Waals surface area contributed by atoms with E-state index in [1.54, 1.807) is 0 Å². The zero-order chi connectivity index (χ0) is 24.8. The Kier molecular flexibility index (Phi) is 6.27. The highest BCUT2D eigenvalue weighted by atomic mass is 19.4. The number of amides is 1. The molecule has 2 aliphatic rings. The van der Waals surface area contributed by atoms with Gasteiger partial charge in [-0.2, -0.15) is 30.7 Å². The Bertz CT molecular complexity index is 1070. The predicted octanol–water partition coefficient (Wildman–Crippen LogP) is 3.67. The standard InChI is InChI=1S/C19H16F8N4O3/c20-13-4-9(15-28-29-16(34-15)14(21)22)3-11-12(13)6-31(17(11)32)5-10-7-33-2-1-30(10)8-18(23,24)19(25,26)27/h3-4,10,14H,1-2,5-8H2/t10-/m0/s1. The average molecular weight is 500 g/mol. The highest BCUT2D eigenvalue weighted by Gasteiger charge is 2.58. The van der Waals surface area contributed by atoms with Gasteiger partial charge in [-0.1, -0.05) is 0 Å². The Labute approximate surface area is 186 Å². The van der Waals surface area contributed by atoms with Crippen LogP contribution in [0.15, 0.2) is 16.5 Å². The third-order valence-corrected chi connectivity index (χ3v) is 5.53. The monoisotopic (exact) mass is 500 g/mol. The molecule has 2 aliphatic heterocycles. The Morgan fingerprint density at radius 1 is 1.15 bits per heavy atom. The van der Waals surface area contributed by atoms with Crippen LogP contribution in [-0.4, -0.2) is 76.9 Å². The minimum Gasteiger partial charge on any atom is -0.415 e. The van der Waals surface area contributed by atoms with Crippen molar-refractivity contribution < 1.29 is 49.1 Å². The summed E-state index contributed by atoms with van der Waals surface area (Å²) in [4.78, 5) is 14.8. The van der Waals surface area contributed by atoms with E-state index in [-0.39, 0.29) is 49.5 Å². The lowest BCUT2D eigenvalue weighted by Gasteiger charge is -2.39. The minimum absolute atomic E-state index is 0.0498. The molecule has 0 N–H and O–H groups in total. The number of rotatable bonds is 6. The van der Waals surface area contributed by atoms with Gasteiger partial charge in [-0.3, -0.25) is 9.69 Å². The van der Waals surface area contributed by atoms with Crippen LogP contribution in [0.25, 0.3) is 11.5 Å².